The fourth-order valence-electron chi connectivity index (χ4n) is 2.52. The highest BCUT2D eigenvalue weighted by atomic mass is 32.2. The molecule has 2 heterocycles. The lowest BCUT2D eigenvalue weighted by molar-refractivity contribution is 0.414. The largest absolute Gasteiger partial charge is 0.497 e. The third-order valence-electron chi connectivity index (χ3n) is 3.95. The number of aryl methyl sites for hydroxylation is 2. The van der Waals surface area contributed by atoms with Crippen LogP contribution in [0.15, 0.2) is 34.2 Å². The van der Waals surface area contributed by atoms with Crippen LogP contribution in [0.2, 0.25) is 0 Å². The first kappa shape index (κ1) is 17.5. The molecule has 7 heteroatoms. The van der Waals surface area contributed by atoms with Crippen LogP contribution in [0, 0.1) is 25.2 Å². The van der Waals surface area contributed by atoms with Gasteiger partial charge < -0.3 is 4.74 Å². The van der Waals surface area contributed by atoms with E-state index in [1.165, 1.54) is 23.1 Å². The van der Waals surface area contributed by atoms with Gasteiger partial charge >= 0.3 is 0 Å². The molecule has 5 nitrogen and oxygen atoms in total. The van der Waals surface area contributed by atoms with E-state index in [-0.39, 0.29) is 5.56 Å². The number of hydrogen-bond donors (Lipinski definition) is 0. The first-order valence-corrected chi connectivity index (χ1v) is 9.54. The summed E-state index contributed by atoms with van der Waals surface area (Å²) >= 11 is 2.96. The summed E-state index contributed by atoms with van der Waals surface area (Å²) < 4.78 is 6.82. The SMILES string of the molecule is COc1ccc(-n2c(SCCC#N)nc3sc(C)c(C)c3c2=O)cc1. The third kappa shape index (κ3) is 3.28. The van der Waals surface area contributed by atoms with E-state index < -0.39 is 0 Å². The van der Waals surface area contributed by atoms with Crippen molar-refractivity contribution in [3.8, 4) is 17.5 Å². The molecular weight excluding hydrogens is 354 g/mol. The van der Waals surface area contributed by atoms with Crippen LogP contribution in [0.25, 0.3) is 15.9 Å². The van der Waals surface area contributed by atoms with Crippen LogP contribution in [0.3, 0.4) is 0 Å². The molecule has 0 aliphatic rings. The number of benzene rings is 1. The Labute approximate surface area is 153 Å². The van der Waals surface area contributed by atoms with E-state index in [4.69, 9.17) is 15.0 Å². The van der Waals surface area contributed by atoms with Gasteiger partial charge in [-0.05, 0) is 43.7 Å². The summed E-state index contributed by atoms with van der Waals surface area (Å²) in [5, 5.41) is 10.1. The Hall–Kier alpha value is -2.30. The molecule has 0 bridgehead atoms. The molecule has 0 atom stereocenters. The van der Waals surface area contributed by atoms with Gasteiger partial charge in [0.2, 0.25) is 0 Å². The summed E-state index contributed by atoms with van der Waals surface area (Å²) in [6.45, 7) is 3.96. The Morgan fingerprint density at radius 1 is 1.32 bits per heavy atom. The molecule has 3 aromatic rings. The molecule has 25 heavy (non-hydrogen) atoms. The van der Waals surface area contributed by atoms with E-state index in [9.17, 15) is 4.79 Å². The number of methoxy groups -OCH3 is 1. The summed E-state index contributed by atoms with van der Waals surface area (Å²) in [7, 11) is 1.61. The number of nitriles is 1. The van der Waals surface area contributed by atoms with Crippen LogP contribution in [0.1, 0.15) is 16.9 Å². The minimum absolute atomic E-state index is 0.0727. The maximum absolute atomic E-state index is 13.2. The van der Waals surface area contributed by atoms with Crippen LogP contribution in [-0.2, 0) is 0 Å². The topological polar surface area (TPSA) is 67.9 Å². The zero-order valence-corrected chi connectivity index (χ0v) is 15.8. The van der Waals surface area contributed by atoms with Crippen molar-refractivity contribution in [1.82, 2.24) is 9.55 Å². The number of nitrogens with zero attached hydrogens (tertiary/aromatic N) is 3. The van der Waals surface area contributed by atoms with Crippen molar-refractivity contribution in [2.45, 2.75) is 25.4 Å². The summed E-state index contributed by atoms with van der Waals surface area (Å²) in [5.41, 5.74) is 1.65. The number of ether oxygens (including phenoxy) is 1. The molecule has 0 amide bonds. The van der Waals surface area contributed by atoms with Gasteiger partial charge in [-0.2, -0.15) is 5.26 Å². The number of thiophene rings is 1. The number of fused-ring (bicyclic) bond motifs is 1. The van der Waals surface area contributed by atoms with Gasteiger partial charge in [0.15, 0.2) is 5.16 Å². The molecule has 0 aliphatic heterocycles. The molecule has 3 rings (SSSR count). The number of rotatable bonds is 5. The highest BCUT2D eigenvalue weighted by Gasteiger charge is 2.17. The van der Waals surface area contributed by atoms with Crippen molar-refractivity contribution < 1.29 is 4.74 Å². The van der Waals surface area contributed by atoms with Crippen molar-refractivity contribution in [2.24, 2.45) is 0 Å². The maximum Gasteiger partial charge on any atom is 0.267 e. The highest BCUT2D eigenvalue weighted by Crippen LogP contribution is 2.30. The van der Waals surface area contributed by atoms with Crippen LogP contribution in [0.5, 0.6) is 5.75 Å². The average Bonchev–Trinajstić information content (AvgIpc) is 2.90. The molecule has 0 fully saturated rings. The van der Waals surface area contributed by atoms with Crippen LogP contribution in [-0.4, -0.2) is 22.4 Å². The second-order valence-corrected chi connectivity index (χ2v) is 7.72. The monoisotopic (exact) mass is 371 g/mol. The lowest BCUT2D eigenvalue weighted by atomic mass is 10.2. The van der Waals surface area contributed by atoms with Gasteiger partial charge in [0, 0.05) is 17.1 Å². The molecule has 0 spiro atoms. The van der Waals surface area contributed by atoms with Gasteiger partial charge in [-0.25, -0.2) is 4.98 Å². The third-order valence-corrected chi connectivity index (χ3v) is 5.99. The normalized spacial score (nSPS) is 10.8. The van der Waals surface area contributed by atoms with Gasteiger partial charge in [0.05, 0.1) is 24.3 Å². The Bertz CT molecular complexity index is 1010. The molecular formula is C18H17N3O2S2. The number of hydrogen-bond acceptors (Lipinski definition) is 6. The van der Waals surface area contributed by atoms with Gasteiger partial charge in [-0.3, -0.25) is 9.36 Å². The summed E-state index contributed by atoms with van der Waals surface area (Å²) in [6, 6.07) is 9.46. The Balaban J connectivity index is 2.23. The average molecular weight is 371 g/mol. The van der Waals surface area contributed by atoms with Gasteiger partial charge in [-0.15, -0.1) is 11.3 Å². The maximum atomic E-state index is 13.2. The van der Waals surface area contributed by atoms with E-state index in [0.717, 1.165) is 26.7 Å². The predicted molar refractivity (Wildman–Crippen MR) is 102 cm³/mol. The van der Waals surface area contributed by atoms with Crippen LogP contribution >= 0.6 is 23.1 Å². The second kappa shape index (κ2) is 7.30. The molecule has 0 N–H and O–H groups in total. The summed E-state index contributed by atoms with van der Waals surface area (Å²) in [6.07, 6.45) is 0.406. The van der Waals surface area contributed by atoms with E-state index >= 15 is 0 Å². The molecule has 0 saturated carbocycles. The molecule has 128 valence electrons. The van der Waals surface area contributed by atoms with Crippen LogP contribution < -0.4 is 10.3 Å². The Morgan fingerprint density at radius 3 is 2.68 bits per heavy atom. The van der Waals surface area contributed by atoms with Gasteiger partial charge in [-0.1, -0.05) is 11.8 Å². The lowest BCUT2D eigenvalue weighted by Crippen LogP contribution is -2.21. The zero-order valence-electron chi connectivity index (χ0n) is 14.2. The van der Waals surface area contributed by atoms with Crippen molar-refractivity contribution in [3.05, 3.63) is 45.1 Å². The van der Waals surface area contributed by atoms with Gasteiger partial charge in [0.25, 0.3) is 5.56 Å². The van der Waals surface area contributed by atoms with E-state index in [2.05, 4.69) is 6.07 Å². The lowest BCUT2D eigenvalue weighted by Gasteiger charge is -2.12. The van der Waals surface area contributed by atoms with E-state index in [1.54, 1.807) is 11.7 Å². The fourth-order valence-corrected chi connectivity index (χ4v) is 4.45. The minimum atomic E-state index is -0.0727. The molecule has 1 aromatic carbocycles. The van der Waals surface area contributed by atoms with Crippen LogP contribution in [0.4, 0.5) is 0 Å². The Morgan fingerprint density at radius 2 is 2.04 bits per heavy atom. The quantitative estimate of drug-likeness (QED) is 0.384. The fraction of sp³-hybridized carbons (Fsp3) is 0.278. The Kier molecular flexibility index (Phi) is 5.11. The molecule has 2 aromatic heterocycles. The minimum Gasteiger partial charge on any atom is -0.497 e. The first-order chi connectivity index (χ1) is 12.1. The predicted octanol–water partition coefficient (Wildman–Crippen LogP) is 4.08. The number of aromatic nitrogens is 2. The van der Waals surface area contributed by atoms with Crippen molar-refractivity contribution >= 4 is 33.3 Å². The van der Waals surface area contributed by atoms with E-state index in [0.29, 0.717) is 22.7 Å². The molecule has 0 unspecified atom stereocenters. The summed E-state index contributed by atoms with van der Waals surface area (Å²) in [5.74, 6) is 1.32. The van der Waals surface area contributed by atoms with Crippen molar-refractivity contribution in [3.63, 3.8) is 0 Å². The van der Waals surface area contributed by atoms with Gasteiger partial charge in [0.1, 0.15) is 10.6 Å². The first-order valence-electron chi connectivity index (χ1n) is 7.73. The molecule has 0 radical (unpaired) electrons. The number of thioether (sulfide) groups is 1. The highest BCUT2D eigenvalue weighted by molar-refractivity contribution is 7.99. The molecule has 0 aliphatic carbocycles. The zero-order chi connectivity index (χ0) is 18.0. The standard InChI is InChI=1S/C18H17N3O2S2/c1-11-12(2)25-16-15(11)17(22)21(18(20-16)24-10-4-9-19)13-5-7-14(23-3)8-6-13/h5-8H,4,10H2,1-3H3. The van der Waals surface area contributed by atoms with E-state index in [1.807, 2.05) is 38.1 Å². The van der Waals surface area contributed by atoms with Crippen molar-refractivity contribution in [2.75, 3.05) is 12.9 Å². The second-order valence-electron chi connectivity index (χ2n) is 5.45. The summed E-state index contributed by atoms with van der Waals surface area (Å²) in [4.78, 5) is 19.8. The smallest absolute Gasteiger partial charge is 0.267 e. The molecule has 0 saturated heterocycles. The van der Waals surface area contributed by atoms with Crippen molar-refractivity contribution in [1.29, 1.82) is 5.26 Å².